The van der Waals surface area contributed by atoms with E-state index in [4.69, 9.17) is 5.21 Å². The van der Waals surface area contributed by atoms with Crippen molar-refractivity contribution in [2.45, 2.75) is 72.3 Å². The Bertz CT molecular complexity index is 689. The third kappa shape index (κ3) is 6.14. The van der Waals surface area contributed by atoms with E-state index in [9.17, 15) is 9.18 Å². The van der Waals surface area contributed by atoms with Crippen molar-refractivity contribution in [2.24, 2.45) is 5.41 Å². The summed E-state index contributed by atoms with van der Waals surface area (Å²) in [4.78, 5) is 13.9. The Morgan fingerprint density at radius 1 is 1.32 bits per heavy atom. The van der Waals surface area contributed by atoms with Crippen LogP contribution in [-0.4, -0.2) is 29.1 Å². The molecule has 1 unspecified atom stereocenters. The molecule has 1 aliphatic heterocycles. The molecule has 1 aromatic carbocycles. The monoisotopic (exact) mass is 390 g/mol. The Morgan fingerprint density at radius 3 is 2.75 bits per heavy atom. The van der Waals surface area contributed by atoms with Crippen molar-refractivity contribution >= 4 is 5.91 Å². The van der Waals surface area contributed by atoms with Gasteiger partial charge in [0.05, 0.1) is 0 Å². The number of hydroxylamine groups is 1. The van der Waals surface area contributed by atoms with Gasteiger partial charge in [-0.15, -0.1) is 0 Å². The number of carbonyl (C=O) groups excluding carboxylic acids is 1. The van der Waals surface area contributed by atoms with E-state index in [1.165, 1.54) is 18.9 Å². The average Bonchev–Trinajstić information content (AvgIpc) is 2.70. The maximum absolute atomic E-state index is 14.6. The van der Waals surface area contributed by atoms with Crippen LogP contribution in [-0.2, 0) is 13.0 Å². The number of rotatable bonds is 10. The summed E-state index contributed by atoms with van der Waals surface area (Å²) in [5, 5.41) is 8.78. The van der Waals surface area contributed by atoms with Crippen molar-refractivity contribution in [2.75, 3.05) is 13.1 Å². The van der Waals surface area contributed by atoms with Gasteiger partial charge in [0, 0.05) is 30.8 Å². The molecule has 0 saturated heterocycles. The number of halogens is 1. The Kier molecular flexibility index (Phi) is 8.64. The summed E-state index contributed by atoms with van der Waals surface area (Å²) < 4.78 is 14.6. The lowest BCUT2D eigenvalue weighted by atomic mass is 9.81. The zero-order chi connectivity index (χ0) is 20.6. The first kappa shape index (κ1) is 22.6. The second kappa shape index (κ2) is 10.7. The lowest BCUT2D eigenvalue weighted by Crippen LogP contribution is -2.39. The Hall–Kier alpha value is -1.72. The van der Waals surface area contributed by atoms with Crippen molar-refractivity contribution in [1.82, 2.24) is 10.4 Å². The molecule has 1 atom stereocenters. The minimum Gasteiger partial charge on any atom is -0.298 e. The van der Waals surface area contributed by atoms with Gasteiger partial charge in [0.1, 0.15) is 5.82 Å². The van der Waals surface area contributed by atoms with Crippen molar-refractivity contribution in [1.29, 1.82) is 0 Å². The molecule has 2 N–H and O–H groups in total. The maximum Gasteiger partial charge on any atom is 0.274 e. The zero-order valence-corrected chi connectivity index (χ0v) is 17.6. The molecule has 0 aromatic heterocycles. The van der Waals surface area contributed by atoms with E-state index in [1.54, 1.807) is 11.5 Å². The molecule has 0 aliphatic carbocycles. The SMILES string of the molecule is CCCC/C=C/CCC(C)(CC)CN1CCc2cc(C(=O)NO)cc(F)c2C1. The second-order valence-corrected chi connectivity index (χ2v) is 8.31. The highest BCUT2D eigenvalue weighted by atomic mass is 19.1. The van der Waals surface area contributed by atoms with Gasteiger partial charge in [-0.25, -0.2) is 9.87 Å². The third-order valence-corrected chi connectivity index (χ3v) is 6.00. The number of allylic oxidation sites excluding steroid dienone is 2. The predicted molar refractivity (Wildman–Crippen MR) is 111 cm³/mol. The van der Waals surface area contributed by atoms with Crippen LogP contribution >= 0.6 is 0 Å². The number of amides is 1. The highest BCUT2D eigenvalue weighted by Gasteiger charge is 2.28. The van der Waals surface area contributed by atoms with Crippen LogP contribution in [0, 0.1) is 11.2 Å². The van der Waals surface area contributed by atoms with Gasteiger partial charge >= 0.3 is 0 Å². The number of benzene rings is 1. The van der Waals surface area contributed by atoms with Crippen molar-refractivity contribution in [3.8, 4) is 0 Å². The van der Waals surface area contributed by atoms with E-state index in [0.717, 1.165) is 50.8 Å². The molecular weight excluding hydrogens is 355 g/mol. The van der Waals surface area contributed by atoms with Gasteiger partial charge in [-0.1, -0.05) is 45.8 Å². The second-order valence-electron chi connectivity index (χ2n) is 8.31. The number of nitrogens with one attached hydrogen (secondary N) is 1. The van der Waals surface area contributed by atoms with Crippen LogP contribution in [0.1, 0.15) is 80.8 Å². The summed E-state index contributed by atoms with van der Waals surface area (Å²) in [7, 11) is 0. The molecule has 28 heavy (non-hydrogen) atoms. The number of hydrogen-bond acceptors (Lipinski definition) is 3. The zero-order valence-electron chi connectivity index (χ0n) is 17.6. The number of fused-ring (bicyclic) bond motifs is 1. The van der Waals surface area contributed by atoms with E-state index in [1.807, 2.05) is 0 Å². The molecule has 156 valence electrons. The number of unbranched alkanes of at least 4 members (excludes halogenated alkanes) is 2. The summed E-state index contributed by atoms with van der Waals surface area (Å²) >= 11 is 0. The van der Waals surface area contributed by atoms with Crippen LogP contribution in [0.4, 0.5) is 4.39 Å². The highest BCUT2D eigenvalue weighted by molar-refractivity contribution is 5.93. The first-order valence-corrected chi connectivity index (χ1v) is 10.6. The number of carbonyl (C=O) groups is 1. The highest BCUT2D eigenvalue weighted by Crippen LogP contribution is 2.32. The fourth-order valence-electron chi connectivity index (χ4n) is 3.90. The maximum atomic E-state index is 14.6. The van der Waals surface area contributed by atoms with Gasteiger partial charge in [0.15, 0.2) is 0 Å². The Balaban J connectivity index is 1.98. The normalized spacial score (nSPS) is 16.8. The number of hydrogen-bond donors (Lipinski definition) is 2. The topological polar surface area (TPSA) is 52.6 Å². The minimum atomic E-state index is -0.672. The smallest absolute Gasteiger partial charge is 0.274 e. The number of nitrogens with zero attached hydrogens (tertiary/aromatic N) is 1. The Labute approximate surface area is 168 Å². The fraction of sp³-hybridized carbons (Fsp3) is 0.609. The van der Waals surface area contributed by atoms with Gasteiger partial charge in [-0.2, -0.15) is 0 Å². The van der Waals surface area contributed by atoms with Gasteiger partial charge in [-0.3, -0.25) is 14.9 Å². The van der Waals surface area contributed by atoms with Crippen molar-refractivity contribution in [3.63, 3.8) is 0 Å². The summed E-state index contributed by atoms with van der Waals surface area (Å²) in [6.07, 6.45) is 12.3. The van der Waals surface area contributed by atoms with Gasteiger partial charge < -0.3 is 0 Å². The average molecular weight is 391 g/mol. The van der Waals surface area contributed by atoms with E-state index < -0.39 is 5.91 Å². The van der Waals surface area contributed by atoms with E-state index in [0.29, 0.717) is 12.1 Å². The fourth-order valence-corrected chi connectivity index (χ4v) is 3.90. The van der Waals surface area contributed by atoms with Crippen LogP contribution in [0.2, 0.25) is 0 Å². The summed E-state index contributed by atoms with van der Waals surface area (Å²) in [5.74, 6) is -1.03. The molecule has 5 heteroatoms. The molecule has 0 bridgehead atoms. The quantitative estimate of drug-likeness (QED) is 0.248. The molecule has 0 saturated carbocycles. The van der Waals surface area contributed by atoms with Gasteiger partial charge in [-0.05, 0) is 55.2 Å². The molecule has 0 spiro atoms. The largest absolute Gasteiger partial charge is 0.298 e. The molecule has 0 fully saturated rings. The first-order valence-electron chi connectivity index (χ1n) is 10.6. The van der Waals surface area contributed by atoms with Crippen LogP contribution in [0.15, 0.2) is 24.3 Å². The molecule has 1 amide bonds. The molecule has 4 nitrogen and oxygen atoms in total. The molecular formula is C23H35FN2O2. The molecule has 1 aliphatic rings. The van der Waals surface area contributed by atoms with Crippen LogP contribution in [0.25, 0.3) is 0 Å². The first-order chi connectivity index (χ1) is 13.4. The van der Waals surface area contributed by atoms with Crippen molar-refractivity contribution < 1.29 is 14.4 Å². The lowest BCUT2D eigenvalue weighted by molar-refractivity contribution is 0.0705. The predicted octanol–water partition coefficient (Wildman–Crippen LogP) is 5.25. The summed E-state index contributed by atoms with van der Waals surface area (Å²) in [5.41, 5.74) is 3.50. The van der Waals surface area contributed by atoms with E-state index >= 15 is 0 Å². The molecule has 1 aromatic rings. The van der Waals surface area contributed by atoms with Gasteiger partial charge in [0.25, 0.3) is 5.91 Å². The van der Waals surface area contributed by atoms with Gasteiger partial charge in [0.2, 0.25) is 0 Å². The minimum absolute atomic E-state index is 0.167. The van der Waals surface area contributed by atoms with Crippen molar-refractivity contribution in [3.05, 3.63) is 46.8 Å². The Morgan fingerprint density at radius 2 is 2.07 bits per heavy atom. The molecule has 2 rings (SSSR count). The molecule has 1 heterocycles. The summed E-state index contributed by atoms with van der Waals surface area (Å²) in [6, 6.07) is 2.91. The summed E-state index contributed by atoms with van der Waals surface area (Å²) in [6.45, 7) is 9.16. The van der Waals surface area contributed by atoms with E-state index in [-0.39, 0.29) is 16.8 Å². The van der Waals surface area contributed by atoms with E-state index in [2.05, 4.69) is 37.8 Å². The van der Waals surface area contributed by atoms with Crippen LogP contribution in [0.5, 0.6) is 0 Å². The standard InChI is InChI=1S/C23H35FN2O2/c1-4-6-7-8-9-10-12-23(3,5-2)17-26-13-11-18-14-19(22(27)25-28)15-21(24)20(18)16-26/h8-9,14-15,28H,4-7,10-13,16-17H2,1-3H3,(H,25,27)/b9-8+. The van der Waals surface area contributed by atoms with Crippen LogP contribution in [0.3, 0.4) is 0 Å². The molecule has 0 radical (unpaired) electrons. The third-order valence-electron chi connectivity index (χ3n) is 6.00. The lowest BCUT2D eigenvalue weighted by Gasteiger charge is -2.37. The van der Waals surface area contributed by atoms with Crippen LogP contribution < -0.4 is 5.48 Å².